The Morgan fingerprint density at radius 1 is 1.20 bits per heavy atom. The van der Waals surface area contributed by atoms with E-state index in [4.69, 9.17) is 4.98 Å². The van der Waals surface area contributed by atoms with E-state index in [1.807, 2.05) is 5.51 Å². The van der Waals surface area contributed by atoms with Gasteiger partial charge in [-0.3, -0.25) is 9.88 Å². The lowest BCUT2D eigenvalue weighted by Crippen LogP contribution is -2.23. The number of aromatic nitrogens is 2. The Morgan fingerprint density at radius 2 is 1.95 bits per heavy atom. The highest BCUT2D eigenvalue weighted by Crippen LogP contribution is 2.08. The van der Waals surface area contributed by atoms with Gasteiger partial charge in [-0.15, -0.1) is 11.3 Å². The van der Waals surface area contributed by atoms with Gasteiger partial charge >= 0.3 is 0 Å². The minimum absolute atomic E-state index is 0.479. The van der Waals surface area contributed by atoms with Crippen LogP contribution < -0.4 is 5.32 Å². The minimum atomic E-state index is 0.479. The lowest BCUT2D eigenvalue weighted by atomic mass is 10.2. The molecule has 0 bridgehead atoms. The van der Waals surface area contributed by atoms with Crippen molar-refractivity contribution in [3.8, 4) is 0 Å². The normalized spacial score (nSPS) is 11.4. The monoisotopic (exact) mass is 290 g/mol. The van der Waals surface area contributed by atoms with Crippen LogP contribution in [0.25, 0.3) is 0 Å². The number of thiazole rings is 1. The Morgan fingerprint density at radius 3 is 2.65 bits per heavy atom. The molecule has 0 saturated carbocycles. The maximum absolute atomic E-state index is 4.69. The molecule has 1 N–H and O–H groups in total. The first-order chi connectivity index (χ1) is 9.63. The zero-order valence-corrected chi connectivity index (χ0v) is 13.2. The average molecular weight is 290 g/mol. The van der Waals surface area contributed by atoms with Crippen LogP contribution >= 0.6 is 11.3 Å². The molecule has 0 amide bonds. The van der Waals surface area contributed by atoms with Gasteiger partial charge in [0.05, 0.1) is 22.6 Å². The molecule has 0 spiro atoms. The fraction of sp³-hybridized carbons (Fsp3) is 0.467. The summed E-state index contributed by atoms with van der Waals surface area (Å²) in [7, 11) is 2.10. The van der Waals surface area contributed by atoms with Crippen LogP contribution in [0.1, 0.15) is 30.9 Å². The van der Waals surface area contributed by atoms with Crippen LogP contribution in [0.4, 0.5) is 0 Å². The molecule has 0 aromatic carbocycles. The highest BCUT2D eigenvalue weighted by atomic mass is 32.1. The molecule has 0 saturated heterocycles. The van der Waals surface area contributed by atoms with Crippen molar-refractivity contribution >= 4 is 11.3 Å². The van der Waals surface area contributed by atoms with E-state index in [0.29, 0.717) is 6.04 Å². The SMILES string of the molecule is CC(C)NCc1cccc(CN(C)Cc2cscn2)n1. The van der Waals surface area contributed by atoms with Crippen molar-refractivity contribution in [2.24, 2.45) is 0 Å². The van der Waals surface area contributed by atoms with E-state index in [1.165, 1.54) is 0 Å². The molecule has 2 heterocycles. The standard InChI is InChI=1S/C15H22N4S/c1-12(2)16-7-13-5-4-6-14(18-13)8-19(3)9-15-10-20-11-17-15/h4-6,10-12,16H,7-9H2,1-3H3. The van der Waals surface area contributed by atoms with E-state index in [-0.39, 0.29) is 0 Å². The van der Waals surface area contributed by atoms with Crippen molar-refractivity contribution < 1.29 is 0 Å². The third-order valence-corrected chi connectivity index (χ3v) is 3.54. The third kappa shape index (κ3) is 5.00. The van der Waals surface area contributed by atoms with Crippen LogP contribution in [0.5, 0.6) is 0 Å². The summed E-state index contributed by atoms with van der Waals surface area (Å²) in [6.07, 6.45) is 0. The van der Waals surface area contributed by atoms with Gasteiger partial charge in [0.2, 0.25) is 0 Å². The van der Waals surface area contributed by atoms with Crippen molar-refractivity contribution in [2.45, 2.75) is 39.5 Å². The summed E-state index contributed by atoms with van der Waals surface area (Å²) in [5, 5.41) is 5.48. The van der Waals surface area contributed by atoms with Crippen LogP contribution in [0.2, 0.25) is 0 Å². The van der Waals surface area contributed by atoms with Gasteiger partial charge in [-0.2, -0.15) is 0 Å². The van der Waals surface area contributed by atoms with Gasteiger partial charge in [0.1, 0.15) is 0 Å². The molecular weight excluding hydrogens is 268 g/mol. The first kappa shape index (κ1) is 15.1. The molecule has 5 heteroatoms. The minimum Gasteiger partial charge on any atom is -0.309 e. The number of hydrogen-bond acceptors (Lipinski definition) is 5. The predicted molar refractivity (Wildman–Crippen MR) is 83.5 cm³/mol. The lowest BCUT2D eigenvalue weighted by Gasteiger charge is -2.15. The number of hydrogen-bond donors (Lipinski definition) is 1. The Hall–Kier alpha value is -1.30. The summed E-state index contributed by atoms with van der Waals surface area (Å²) in [6.45, 7) is 6.81. The van der Waals surface area contributed by atoms with Crippen molar-refractivity contribution in [1.29, 1.82) is 0 Å². The zero-order chi connectivity index (χ0) is 14.4. The fourth-order valence-corrected chi connectivity index (χ4v) is 2.50. The Bertz CT molecular complexity index is 510. The fourth-order valence-electron chi connectivity index (χ4n) is 1.95. The van der Waals surface area contributed by atoms with E-state index < -0.39 is 0 Å². The molecule has 0 aliphatic carbocycles. The first-order valence-electron chi connectivity index (χ1n) is 6.87. The third-order valence-electron chi connectivity index (χ3n) is 2.90. The van der Waals surface area contributed by atoms with Crippen LogP contribution in [0.3, 0.4) is 0 Å². The molecule has 0 atom stereocenters. The lowest BCUT2D eigenvalue weighted by molar-refractivity contribution is 0.311. The molecule has 2 aromatic heterocycles. The quantitative estimate of drug-likeness (QED) is 0.851. The molecule has 0 aliphatic rings. The van der Waals surface area contributed by atoms with Gasteiger partial charge in [-0.05, 0) is 19.2 Å². The van der Waals surface area contributed by atoms with Crippen molar-refractivity contribution in [1.82, 2.24) is 20.2 Å². The van der Waals surface area contributed by atoms with E-state index in [1.54, 1.807) is 11.3 Å². The summed E-state index contributed by atoms with van der Waals surface area (Å²) in [5.41, 5.74) is 5.19. The van der Waals surface area contributed by atoms with E-state index in [0.717, 1.165) is 36.7 Å². The average Bonchev–Trinajstić information content (AvgIpc) is 2.89. The number of pyridine rings is 1. The molecular formula is C15H22N4S. The molecule has 2 rings (SSSR count). The molecule has 108 valence electrons. The van der Waals surface area contributed by atoms with E-state index in [2.05, 4.69) is 59.7 Å². The maximum Gasteiger partial charge on any atom is 0.0795 e. The van der Waals surface area contributed by atoms with Crippen LogP contribution in [0, 0.1) is 0 Å². The second kappa shape index (κ2) is 7.47. The molecule has 0 aliphatic heterocycles. The van der Waals surface area contributed by atoms with Gasteiger partial charge < -0.3 is 5.32 Å². The Kier molecular flexibility index (Phi) is 5.64. The molecule has 0 fully saturated rings. The highest BCUT2D eigenvalue weighted by Gasteiger charge is 2.05. The molecule has 4 nitrogen and oxygen atoms in total. The largest absolute Gasteiger partial charge is 0.309 e. The van der Waals surface area contributed by atoms with E-state index >= 15 is 0 Å². The second-order valence-electron chi connectivity index (χ2n) is 5.31. The first-order valence-corrected chi connectivity index (χ1v) is 7.81. The summed E-state index contributed by atoms with van der Waals surface area (Å²) in [4.78, 5) is 11.2. The molecule has 0 radical (unpaired) electrons. The van der Waals surface area contributed by atoms with Crippen molar-refractivity contribution in [2.75, 3.05) is 7.05 Å². The van der Waals surface area contributed by atoms with Crippen LogP contribution in [0.15, 0.2) is 29.1 Å². The summed E-state index contributed by atoms with van der Waals surface area (Å²) < 4.78 is 0. The van der Waals surface area contributed by atoms with Gasteiger partial charge in [0, 0.05) is 31.1 Å². The Labute approximate surface area is 124 Å². The van der Waals surface area contributed by atoms with Crippen molar-refractivity contribution in [3.05, 3.63) is 46.2 Å². The summed E-state index contributed by atoms with van der Waals surface area (Å²) in [5.74, 6) is 0. The van der Waals surface area contributed by atoms with Gasteiger partial charge in [-0.1, -0.05) is 19.9 Å². The molecule has 20 heavy (non-hydrogen) atoms. The number of nitrogens with one attached hydrogen (secondary N) is 1. The van der Waals surface area contributed by atoms with Crippen molar-refractivity contribution in [3.63, 3.8) is 0 Å². The van der Waals surface area contributed by atoms with E-state index in [9.17, 15) is 0 Å². The topological polar surface area (TPSA) is 41.0 Å². The Balaban J connectivity index is 1.90. The van der Waals surface area contributed by atoms with Crippen LogP contribution in [-0.4, -0.2) is 28.0 Å². The maximum atomic E-state index is 4.69. The molecule has 0 unspecified atom stereocenters. The predicted octanol–water partition coefficient (Wildman–Crippen LogP) is 2.67. The second-order valence-corrected chi connectivity index (χ2v) is 6.03. The highest BCUT2D eigenvalue weighted by molar-refractivity contribution is 7.07. The number of nitrogens with zero attached hydrogens (tertiary/aromatic N) is 3. The molecule has 2 aromatic rings. The van der Waals surface area contributed by atoms with Gasteiger partial charge in [0.25, 0.3) is 0 Å². The van der Waals surface area contributed by atoms with Gasteiger partial charge in [0.15, 0.2) is 0 Å². The van der Waals surface area contributed by atoms with Gasteiger partial charge in [-0.25, -0.2) is 4.98 Å². The summed E-state index contributed by atoms with van der Waals surface area (Å²) in [6, 6.07) is 6.71. The van der Waals surface area contributed by atoms with Crippen LogP contribution in [-0.2, 0) is 19.6 Å². The smallest absolute Gasteiger partial charge is 0.0795 e. The zero-order valence-electron chi connectivity index (χ0n) is 12.3. The summed E-state index contributed by atoms with van der Waals surface area (Å²) >= 11 is 1.64. The number of rotatable bonds is 7.